The third kappa shape index (κ3) is 3.97. The summed E-state index contributed by atoms with van der Waals surface area (Å²) >= 11 is 0. The molecular formula is C12H13N3O4. The van der Waals surface area contributed by atoms with Gasteiger partial charge in [0.05, 0.1) is 18.2 Å². The summed E-state index contributed by atoms with van der Waals surface area (Å²) in [6.07, 6.45) is 0. The number of nitrogens with one attached hydrogen (secondary N) is 2. The number of carbonyl (C=O) groups is 2. The van der Waals surface area contributed by atoms with E-state index in [-0.39, 0.29) is 0 Å². The number of carboxylic acids is 1. The predicted molar refractivity (Wildman–Crippen MR) is 66.6 cm³/mol. The Bertz CT molecular complexity index is 536. The zero-order chi connectivity index (χ0) is 14.4. The van der Waals surface area contributed by atoms with Crippen molar-refractivity contribution in [3.63, 3.8) is 0 Å². The van der Waals surface area contributed by atoms with Crippen LogP contribution in [0.4, 0.5) is 10.5 Å². The van der Waals surface area contributed by atoms with Crippen molar-refractivity contribution in [1.82, 2.24) is 5.32 Å². The third-order valence-corrected chi connectivity index (χ3v) is 2.40. The number of benzene rings is 1. The first-order valence-electron chi connectivity index (χ1n) is 5.40. The molecule has 0 aliphatic carbocycles. The Labute approximate surface area is 109 Å². The third-order valence-electron chi connectivity index (χ3n) is 2.40. The highest BCUT2D eigenvalue weighted by molar-refractivity contribution is 5.93. The van der Waals surface area contributed by atoms with Gasteiger partial charge in [0.2, 0.25) is 0 Å². The zero-order valence-corrected chi connectivity index (χ0v) is 10.2. The maximum absolute atomic E-state index is 11.6. The van der Waals surface area contributed by atoms with Gasteiger partial charge in [0.15, 0.2) is 6.04 Å². The molecule has 0 fully saturated rings. The van der Waals surface area contributed by atoms with Crippen molar-refractivity contribution >= 4 is 17.7 Å². The van der Waals surface area contributed by atoms with E-state index >= 15 is 0 Å². The lowest BCUT2D eigenvalue weighted by atomic mass is 10.1. The molecule has 4 N–H and O–H groups in total. The molecule has 0 saturated heterocycles. The molecule has 0 radical (unpaired) electrons. The highest BCUT2D eigenvalue weighted by Crippen LogP contribution is 2.16. The van der Waals surface area contributed by atoms with Crippen LogP contribution in [-0.2, 0) is 4.79 Å². The molecule has 1 atom stereocenters. The number of carbonyl (C=O) groups excluding carboxylic acids is 1. The standard InChI is InChI=1S/C12H13N3O4/c1-7-2-3-8(5-13)4-9(7)14-12(19)15-10(6-16)11(17)18/h2-4,10,16H,6H2,1H3,(H,17,18)(H2,14,15,19). The summed E-state index contributed by atoms with van der Waals surface area (Å²) in [5.41, 5.74) is 1.50. The van der Waals surface area contributed by atoms with Crippen LogP contribution >= 0.6 is 0 Å². The van der Waals surface area contributed by atoms with Crippen LogP contribution in [0.1, 0.15) is 11.1 Å². The van der Waals surface area contributed by atoms with E-state index in [9.17, 15) is 9.59 Å². The normalized spacial score (nSPS) is 11.2. The number of anilines is 1. The fraction of sp³-hybridized carbons (Fsp3) is 0.250. The van der Waals surface area contributed by atoms with Crippen LogP contribution in [0.3, 0.4) is 0 Å². The Morgan fingerprint density at radius 2 is 2.16 bits per heavy atom. The Morgan fingerprint density at radius 1 is 1.47 bits per heavy atom. The van der Waals surface area contributed by atoms with Gasteiger partial charge in [-0.3, -0.25) is 0 Å². The van der Waals surface area contributed by atoms with E-state index in [4.69, 9.17) is 15.5 Å². The van der Waals surface area contributed by atoms with Crippen molar-refractivity contribution in [2.24, 2.45) is 0 Å². The molecule has 1 rings (SSSR count). The molecule has 0 heterocycles. The first-order chi connectivity index (χ1) is 8.97. The van der Waals surface area contributed by atoms with Gasteiger partial charge >= 0.3 is 12.0 Å². The quantitative estimate of drug-likeness (QED) is 0.627. The highest BCUT2D eigenvalue weighted by atomic mass is 16.4. The number of hydrogen-bond acceptors (Lipinski definition) is 4. The van der Waals surface area contributed by atoms with Crippen LogP contribution < -0.4 is 10.6 Å². The van der Waals surface area contributed by atoms with E-state index in [2.05, 4.69) is 10.6 Å². The van der Waals surface area contributed by atoms with Crippen molar-refractivity contribution in [2.75, 3.05) is 11.9 Å². The van der Waals surface area contributed by atoms with Crippen molar-refractivity contribution in [1.29, 1.82) is 5.26 Å². The fourth-order valence-corrected chi connectivity index (χ4v) is 1.33. The molecule has 100 valence electrons. The van der Waals surface area contributed by atoms with Crippen molar-refractivity contribution < 1.29 is 19.8 Å². The number of urea groups is 1. The van der Waals surface area contributed by atoms with Crippen molar-refractivity contribution in [2.45, 2.75) is 13.0 Å². The Kier molecular flexibility index (Phi) is 4.85. The molecule has 2 amide bonds. The van der Waals surface area contributed by atoms with Crippen LogP contribution in [0, 0.1) is 18.3 Å². The minimum Gasteiger partial charge on any atom is -0.480 e. The lowest BCUT2D eigenvalue weighted by molar-refractivity contribution is -0.140. The van der Waals surface area contributed by atoms with Gasteiger partial charge in [-0.15, -0.1) is 0 Å². The Balaban J connectivity index is 2.77. The topological polar surface area (TPSA) is 122 Å². The average Bonchev–Trinajstić information content (AvgIpc) is 2.38. The van der Waals surface area contributed by atoms with Gasteiger partial charge in [-0.05, 0) is 24.6 Å². The summed E-state index contributed by atoms with van der Waals surface area (Å²) in [5, 5.41) is 30.7. The molecule has 0 bridgehead atoms. The van der Waals surface area contributed by atoms with Crippen LogP contribution in [0.5, 0.6) is 0 Å². The number of aliphatic hydroxyl groups is 1. The van der Waals surface area contributed by atoms with Gasteiger partial charge < -0.3 is 20.8 Å². The molecule has 7 heteroatoms. The Hall–Kier alpha value is -2.59. The van der Waals surface area contributed by atoms with Gasteiger partial charge in [-0.2, -0.15) is 5.26 Å². The van der Waals surface area contributed by atoms with Gasteiger partial charge in [-0.25, -0.2) is 9.59 Å². The minimum absolute atomic E-state index is 0.373. The molecule has 1 unspecified atom stereocenters. The number of carboxylic acid groups (broad SMARTS) is 1. The molecule has 1 aromatic carbocycles. The van der Waals surface area contributed by atoms with Gasteiger partial charge in [0.25, 0.3) is 0 Å². The first kappa shape index (κ1) is 14.5. The van der Waals surface area contributed by atoms with Gasteiger partial charge in [0, 0.05) is 5.69 Å². The first-order valence-corrected chi connectivity index (χ1v) is 5.40. The second-order valence-electron chi connectivity index (χ2n) is 3.81. The average molecular weight is 263 g/mol. The fourth-order valence-electron chi connectivity index (χ4n) is 1.33. The zero-order valence-electron chi connectivity index (χ0n) is 10.2. The van der Waals surface area contributed by atoms with Crippen LogP contribution in [0.2, 0.25) is 0 Å². The Morgan fingerprint density at radius 3 is 2.68 bits per heavy atom. The maximum Gasteiger partial charge on any atom is 0.328 e. The number of aliphatic carboxylic acids is 1. The van der Waals surface area contributed by atoms with Crippen LogP contribution in [0.25, 0.3) is 0 Å². The second-order valence-corrected chi connectivity index (χ2v) is 3.81. The number of nitrogens with zero attached hydrogens (tertiary/aromatic N) is 1. The number of amides is 2. The number of nitriles is 1. The molecular weight excluding hydrogens is 250 g/mol. The van der Waals surface area contributed by atoms with E-state index < -0.39 is 24.6 Å². The summed E-state index contributed by atoms with van der Waals surface area (Å²) in [6.45, 7) is 1.03. The van der Waals surface area contributed by atoms with E-state index in [1.807, 2.05) is 6.07 Å². The molecule has 1 aromatic rings. The molecule has 0 saturated carbocycles. The van der Waals surface area contributed by atoms with E-state index in [1.165, 1.54) is 6.07 Å². The summed E-state index contributed by atoms with van der Waals surface area (Å²) in [7, 11) is 0. The molecule has 19 heavy (non-hydrogen) atoms. The van der Waals surface area contributed by atoms with Crippen molar-refractivity contribution in [3.8, 4) is 6.07 Å². The largest absolute Gasteiger partial charge is 0.480 e. The second kappa shape index (κ2) is 6.37. The number of rotatable bonds is 4. The van der Waals surface area contributed by atoms with Crippen molar-refractivity contribution in [3.05, 3.63) is 29.3 Å². The van der Waals surface area contributed by atoms with E-state index in [0.29, 0.717) is 11.3 Å². The molecule has 0 spiro atoms. The molecule has 7 nitrogen and oxygen atoms in total. The van der Waals surface area contributed by atoms with Crippen LogP contribution in [0.15, 0.2) is 18.2 Å². The summed E-state index contributed by atoms with van der Waals surface area (Å²) in [6, 6.07) is 4.53. The monoisotopic (exact) mass is 263 g/mol. The number of hydrogen-bond donors (Lipinski definition) is 4. The summed E-state index contributed by atoms with van der Waals surface area (Å²) in [5.74, 6) is -1.33. The lowest BCUT2D eigenvalue weighted by Crippen LogP contribution is -2.45. The SMILES string of the molecule is Cc1ccc(C#N)cc1NC(=O)NC(CO)C(=O)O. The van der Waals surface area contributed by atoms with Gasteiger partial charge in [-0.1, -0.05) is 6.07 Å². The molecule has 0 aliphatic heterocycles. The minimum atomic E-state index is -1.38. The summed E-state index contributed by atoms with van der Waals surface area (Å²) < 4.78 is 0. The highest BCUT2D eigenvalue weighted by Gasteiger charge is 2.18. The predicted octanol–water partition coefficient (Wildman–Crippen LogP) is 0.434. The smallest absolute Gasteiger partial charge is 0.328 e. The van der Waals surface area contributed by atoms with E-state index in [0.717, 1.165) is 5.56 Å². The maximum atomic E-state index is 11.6. The molecule has 0 aromatic heterocycles. The number of aryl methyl sites for hydroxylation is 1. The molecule has 0 aliphatic rings. The van der Waals surface area contributed by atoms with E-state index in [1.54, 1.807) is 19.1 Å². The lowest BCUT2D eigenvalue weighted by Gasteiger charge is -2.13. The number of aliphatic hydroxyl groups excluding tert-OH is 1. The van der Waals surface area contributed by atoms with Gasteiger partial charge in [0.1, 0.15) is 0 Å². The van der Waals surface area contributed by atoms with Crippen LogP contribution in [-0.4, -0.2) is 34.9 Å². The summed E-state index contributed by atoms with van der Waals surface area (Å²) in [4.78, 5) is 22.2.